The highest BCUT2D eigenvalue weighted by molar-refractivity contribution is 5.96. The quantitative estimate of drug-likeness (QED) is 0.738. The topological polar surface area (TPSA) is 49.3 Å². The molecule has 0 saturated heterocycles. The lowest BCUT2D eigenvalue weighted by atomic mass is 10.0. The number of nitrogens with one attached hydrogen (secondary N) is 1. The van der Waals surface area contributed by atoms with Crippen LogP contribution in [0.2, 0.25) is 0 Å². The first kappa shape index (κ1) is 11.5. The maximum absolute atomic E-state index is 11.6. The molecule has 3 heteroatoms. The number of carbonyl (C=O) groups is 1. The van der Waals surface area contributed by atoms with Gasteiger partial charge in [0.15, 0.2) is 0 Å². The molecule has 3 nitrogen and oxygen atoms in total. The maximum Gasteiger partial charge on any atom is 0.256 e. The molecule has 0 aromatic heterocycles. The van der Waals surface area contributed by atoms with E-state index in [0.29, 0.717) is 5.69 Å². The van der Waals surface area contributed by atoms with Gasteiger partial charge in [-0.25, -0.2) is 0 Å². The number of anilines is 1. The van der Waals surface area contributed by atoms with Gasteiger partial charge >= 0.3 is 0 Å². The highest BCUT2D eigenvalue weighted by atomic mass is 16.3. The lowest BCUT2D eigenvalue weighted by Gasteiger charge is -2.20. The summed E-state index contributed by atoms with van der Waals surface area (Å²) in [6, 6.07) is 9.02. The van der Waals surface area contributed by atoms with Crippen molar-refractivity contribution in [2.24, 2.45) is 0 Å². The number of aliphatic hydroxyl groups is 1. The van der Waals surface area contributed by atoms with E-state index in [4.69, 9.17) is 0 Å². The van der Waals surface area contributed by atoms with Crippen LogP contribution in [0.3, 0.4) is 0 Å². The Morgan fingerprint density at radius 3 is 2.67 bits per heavy atom. The molecule has 2 N–H and O–H groups in total. The number of para-hydroxylation sites is 1. The molecule has 0 heterocycles. The van der Waals surface area contributed by atoms with Gasteiger partial charge in [0.25, 0.3) is 5.91 Å². The summed E-state index contributed by atoms with van der Waals surface area (Å²) in [7, 11) is 0. The molecule has 0 bridgehead atoms. The van der Waals surface area contributed by atoms with Crippen molar-refractivity contribution < 1.29 is 9.90 Å². The van der Waals surface area contributed by atoms with Crippen LogP contribution in [0.1, 0.15) is 13.3 Å². The van der Waals surface area contributed by atoms with E-state index in [0.717, 1.165) is 0 Å². The molecule has 1 rings (SSSR count). The summed E-state index contributed by atoms with van der Waals surface area (Å²) in [4.78, 5) is 11.6. The first-order valence-electron chi connectivity index (χ1n) is 4.76. The molecule has 15 heavy (non-hydrogen) atoms. The number of hydrogen-bond donors (Lipinski definition) is 2. The van der Waals surface area contributed by atoms with Gasteiger partial charge in [0, 0.05) is 12.1 Å². The van der Waals surface area contributed by atoms with Crippen LogP contribution in [0.15, 0.2) is 43.0 Å². The molecule has 1 unspecified atom stereocenters. The third kappa shape index (κ3) is 3.22. The minimum absolute atomic E-state index is 0.228. The molecule has 1 amide bonds. The summed E-state index contributed by atoms with van der Waals surface area (Å²) < 4.78 is 0. The highest BCUT2D eigenvalue weighted by Gasteiger charge is 2.28. The van der Waals surface area contributed by atoms with Crippen LogP contribution < -0.4 is 5.32 Å². The Labute approximate surface area is 89.4 Å². The number of rotatable bonds is 4. The summed E-state index contributed by atoms with van der Waals surface area (Å²) >= 11 is 0. The van der Waals surface area contributed by atoms with E-state index < -0.39 is 11.5 Å². The fraction of sp³-hybridized carbons (Fsp3) is 0.250. The second-order valence-corrected chi connectivity index (χ2v) is 3.59. The van der Waals surface area contributed by atoms with Gasteiger partial charge in [-0.05, 0) is 19.1 Å². The minimum atomic E-state index is -1.41. The second-order valence-electron chi connectivity index (χ2n) is 3.59. The molecule has 0 aliphatic heterocycles. The van der Waals surface area contributed by atoms with Crippen molar-refractivity contribution in [2.45, 2.75) is 18.9 Å². The molecule has 0 spiro atoms. The van der Waals surface area contributed by atoms with Crippen LogP contribution in [0, 0.1) is 0 Å². The van der Waals surface area contributed by atoms with Crippen molar-refractivity contribution in [3.05, 3.63) is 43.0 Å². The first-order valence-corrected chi connectivity index (χ1v) is 4.76. The van der Waals surface area contributed by atoms with Gasteiger partial charge in [-0.3, -0.25) is 4.79 Å². The lowest BCUT2D eigenvalue weighted by molar-refractivity contribution is -0.132. The van der Waals surface area contributed by atoms with E-state index in [-0.39, 0.29) is 6.42 Å². The van der Waals surface area contributed by atoms with Crippen molar-refractivity contribution >= 4 is 11.6 Å². The van der Waals surface area contributed by atoms with Crippen molar-refractivity contribution in [1.29, 1.82) is 0 Å². The molecule has 0 fully saturated rings. The number of hydrogen-bond acceptors (Lipinski definition) is 2. The average Bonchev–Trinajstić information content (AvgIpc) is 2.19. The highest BCUT2D eigenvalue weighted by Crippen LogP contribution is 2.14. The molecule has 0 radical (unpaired) electrons. The predicted molar refractivity (Wildman–Crippen MR) is 60.5 cm³/mol. The van der Waals surface area contributed by atoms with Gasteiger partial charge in [0.05, 0.1) is 0 Å². The van der Waals surface area contributed by atoms with Gasteiger partial charge in [0.1, 0.15) is 5.60 Å². The zero-order chi connectivity index (χ0) is 11.3. The Morgan fingerprint density at radius 1 is 1.53 bits per heavy atom. The summed E-state index contributed by atoms with van der Waals surface area (Å²) in [6.45, 7) is 4.96. The Hall–Kier alpha value is -1.61. The molecule has 0 aliphatic carbocycles. The Kier molecular flexibility index (Phi) is 3.63. The third-order valence-electron chi connectivity index (χ3n) is 2.06. The van der Waals surface area contributed by atoms with Crippen LogP contribution in [0.25, 0.3) is 0 Å². The standard InChI is InChI=1S/C12H15NO2/c1-3-9-12(2,15)11(14)13-10-7-5-4-6-8-10/h3-8,15H,1,9H2,2H3,(H,13,14). The van der Waals surface area contributed by atoms with E-state index in [1.54, 1.807) is 12.1 Å². The van der Waals surface area contributed by atoms with Gasteiger partial charge in [-0.15, -0.1) is 6.58 Å². The molecule has 0 saturated carbocycles. The minimum Gasteiger partial charge on any atom is -0.380 e. The largest absolute Gasteiger partial charge is 0.380 e. The number of amides is 1. The molecule has 1 aromatic rings. The van der Waals surface area contributed by atoms with Crippen LogP contribution in [0.4, 0.5) is 5.69 Å². The average molecular weight is 205 g/mol. The summed E-state index contributed by atoms with van der Waals surface area (Å²) in [5.74, 6) is -0.423. The van der Waals surface area contributed by atoms with E-state index in [1.807, 2.05) is 18.2 Å². The SMILES string of the molecule is C=CCC(C)(O)C(=O)Nc1ccccc1. The van der Waals surface area contributed by atoms with Crippen LogP contribution in [-0.4, -0.2) is 16.6 Å². The number of carbonyl (C=O) groups excluding carboxylic acids is 1. The van der Waals surface area contributed by atoms with Crippen LogP contribution in [-0.2, 0) is 4.79 Å². The van der Waals surface area contributed by atoms with Crippen molar-refractivity contribution in [1.82, 2.24) is 0 Å². The van der Waals surface area contributed by atoms with E-state index in [1.165, 1.54) is 13.0 Å². The first-order chi connectivity index (χ1) is 7.06. The normalized spacial score (nSPS) is 14.0. The maximum atomic E-state index is 11.6. The zero-order valence-electron chi connectivity index (χ0n) is 8.73. The van der Waals surface area contributed by atoms with Gasteiger partial charge in [0.2, 0.25) is 0 Å². The van der Waals surface area contributed by atoms with Crippen molar-refractivity contribution in [2.75, 3.05) is 5.32 Å². The molecule has 1 aromatic carbocycles. The summed E-state index contributed by atoms with van der Waals surface area (Å²) in [5, 5.41) is 12.4. The molecule has 80 valence electrons. The lowest BCUT2D eigenvalue weighted by Crippen LogP contribution is -2.39. The Bertz CT molecular complexity index is 344. The summed E-state index contributed by atoms with van der Waals surface area (Å²) in [6.07, 6.45) is 1.75. The van der Waals surface area contributed by atoms with Crippen LogP contribution >= 0.6 is 0 Å². The van der Waals surface area contributed by atoms with E-state index in [2.05, 4.69) is 11.9 Å². The van der Waals surface area contributed by atoms with E-state index in [9.17, 15) is 9.90 Å². The predicted octanol–water partition coefficient (Wildman–Crippen LogP) is 1.95. The fourth-order valence-electron chi connectivity index (χ4n) is 1.16. The molecule has 0 aliphatic rings. The molecule has 1 atom stereocenters. The molecular weight excluding hydrogens is 190 g/mol. The van der Waals surface area contributed by atoms with Gasteiger partial charge in [-0.1, -0.05) is 24.3 Å². The van der Waals surface area contributed by atoms with Gasteiger partial charge in [-0.2, -0.15) is 0 Å². The monoisotopic (exact) mass is 205 g/mol. The van der Waals surface area contributed by atoms with Crippen molar-refractivity contribution in [3.63, 3.8) is 0 Å². The number of benzene rings is 1. The second kappa shape index (κ2) is 4.75. The van der Waals surface area contributed by atoms with Crippen LogP contribution in [0.5, 0.6) is 0 Å². The van der Waals surface area contributed by atoms with E-state index >= 15 is 0 Å². The molecular formula is C12H15NO2. The van der Waals surface area contributed by atoms with Gasteiger partial charge < -0.3 is 10.4 Å². The summed E-state index contributed by atoms with van der Waals surface area (Å²) in [5.41, 5.74) is -0.732. The fourth-order valence-corrected chi connectivity index (χ4v) is 1.16. The Balaban J connectivity index is 2.67. The smallest absolute Gasteiger partial charge is 0.256 e. The third-order valence-corrected chi connectivity index (χ3v) is 2.06. The Morgan fingerprint density at radius 2 is 2.13 bits per heavy atom. The zero-order valence-corrected chi connectivity index (χ0v) is 8.73. The van der Waals surface area contributed by atoms with Crippen molar-refractivity contribution in [3.8, 4) is 0 Å².